The Morgan fingerprint density at radius 3 is 2.43 bits per heavy atom. The van der Waals surface area contributed by atoms with Crippen molar-refractivity contribution in [3.63, 3.8) is 0 Å². The summed E-state index contributed by atoms with van der Waals surface area (Å²) in [6.07, 6.45) is -9.40. The molecule has 0 saturated carbocycles. The summed E-state index contributed by atoms with van der Waals surface area (Å²) in [5.41, 5.74) is 7.68. The molecule has 0 radical (unpaired) electrons. The number of aryl methyl sites for hydroxylation is 1. The predicted octanol–water partition coefficient (Wildman–Crippen LogP) is -5.25. The number of rotatable bonds is 8. The zero-order valence-electron chi connectivity index (χ0n) is 18.6. The minimum absolute atomic E-state index is 0. The van der Waals surface area contributed by atoms with Gasteiger partial charge in [0.05, 0.1) is 25.4 Å². The van der Waals surface area contributed by atoms with E-state index >= 15 is 0 Å². The van der Waals surface area contributed by atoms with Crippen LogP contribution in [0.2, 0.25) is 0 Å². The summed E-state index contributed by atoms with van der Waals surface area (Å²) in [5.74, 6) is 0. The molecule has 3 rings (SSSR count). The van der Waals surface area contributed by atoms with E-state index in [0.717, 1.165) is 4.57 Å². The summed E-state index contributed by atoms with van der Waals surface area (Å²) >= 11 is 0. The first-order chi connectivity index (χ1) is 15.9. The van der Waals surface area contributed by atoms with Gasteiger partial charge in [-0.3, -0.25) is 23.4 Å². The molecule has 3 heterocycles. The normalized spacial score (nSPS) is 34.5. The Hall–Kier alpha value is -1.14. The molecule has 2 aliphatic heterocycles. The zero-order chi connectivity index (χ0) is 25.2. The van der Waals surface area contributed by atoms with Gasteiger partial charge in [-0.05, 0) is 12.5 Å². The standard InChI is InChI=1S/C16H24N5O12P.Na/c1-6-3-21(16(27)18-14(6)25)10-2-7(19-20-17)8(32-10)4-30-34(28,29)31-5-9-11(22)12(23)13(24)15(26)33-9;/h3,7-13,15,22-24,26H,2,4-5H2,1H3,(H,28,29)(H,18,25,27);/q;+1/t7?,8?,9-,10?,11-,12+,13+,15+;/m1./s1. The van der Waals surface area contributed by atoms with Crippen molar-refractivity contribution in [2.45, 2.75) is 62.4 Å². The molecule has 2 saturated heterocycles. The van der Waals surface area contributed by atoms with E-state index < -0.39 is 81.4 Å². The van der Waals surface area contributed by atoms with Crippen molar-refractivity contribution in [3.8, 4) is 0 Å². The number of nitrogens with one attached hydrogen (secondary N) is 1. The first-order valence-corrected chi connectivity index (χ1v) is 11.4. The fraction of sp³-hybridized carbons (Fsp3) is 0.750. The van der Waals surface area contributed by atoms with Crippen molar-refractivity contribution in [1.82, 2.24) is 9.55 Å². The molecule has 190 valence electrons. The Morgan fingerprint density at radius 2 is 1.80 bits per heavy atom. The minimum atomic E-state index is -4.80. The molecule has 4 unspecified atom stereocenters. The Labute approximate surface area is 218 Å². The second kappa shape index (κ2) is 12.4. The number of phosphoric ester groups is 1. The van der Waals surface area contributed by atoms with Crippen molar-refractivity contribution < 1.29 is 78.0 Å². The van der Waals surface area contributed by atoms with Gasteiger partial charge in [0.2, 0.25) is 0 Å². The average Bonchev–Trinajstić information content (AvgIpc) is 3.18. The molecule has 0 aliphatic carbocycles. The third-order valence-electron chi connectivity index (χ3n) is 5.35. The number of phosphoric acid groups is 1. The summed E-state index contributed by atoms with van der Waals surface area (Å²) < 4.78 is 33.4. The predicted molar refractivity (Wildman–Crippen MR) is 108 cm³/mol. The molecule has 17 nitrogen and oxygen atoms in total. The topological polar surface area (TPSA) is 259 Å². The second-order valence-electron chi connectivity index (χ2n) is 7.71. The van der Waals surface area contributed by atoms with E-state index in [1.807, 2.05) is 0 Å². The number of aromatic nitrogens is 2. The van der Waals surface area contributed by atoms with Crippen molar-refractivity contribution in [2.75, 3.05) is 13.2 Å². The molecular weight excluding hydrogens is 508 g/mol. The van der Waals surface area contributed by atoms with E-state index in [9.17, 15) is 39.5 Å². The maximum absolute atomic E-state index is 12.2. The molecule has 0 spiro atoms. The van der Waals surface area contributed by atoms with E-state index in [0.29, 0.717) is 0 Å². The van der Waals surface area contributed by atoms with E-state index in [2.05, 4.69) is 15.0 Å². The van der Waals surface area contributed by atoms with Gasteiger partial charge in [-0.2, -0.15) is 0 Å². The average molecular weight is 532 g/mol. The van der Waals surface area contributed by atoms with E-state index in [1.54, 1.807) is 0 Å². The Kier molecular flexibility index (Phi) is 10.7. The quantitative estimate of drug-likeness (QED) is 0.0603. The molecular formula is C16H24N5NaO12P+. The molecule has 1 aromatic rings. The molecule has 9 atom stereocenters. The fourth-order valence-corrected chi connectivity index (χ4v) is 4.21. The van der Waals surface area contributed by atoms with Crippen LogP contribution in [-0.2, 0) is 23.1 Å². The fourth-order valence-electron chi connectivity index (χ4n) is 3.46. The largest absolute Gasteiger partial charge is 1.00 e. The van der Waals surface area contributed by atoms with Crippen LogP contribution in [0.1, 0.15) is 18.2 Å². The first kappa shape index (κ1) is 30.1. The first-order valence-electron chi connectivity index (χ1n) is 9.95. The van der Waals surface area contributed by atoms with Gasteiger partial charge in [0, 0.05) is 23.1 Å². The Balaban J connectivity index is 0.00000432. The number of hydrogen-bond acceptors (Lipinski definition) is 12. The van der Waals surface area contributed by atoms with Crippen LogP contribution in [0.3, 0.4) is 0 Å². The number of aromatic amines is 1. The van der Waals surface area contributed by atoms with Crippen LogP contribution in [0, 0.1) is 6.92 Å². The zero-order valence-corrected chi connectivity index (χ0v) is 21.5. The molecule has 1 aromatic heterocycles. The second-order valence-corrected chi connectivity index (χ2v) is 9.17. The SMILES string of the molecule is Cc1cn(C2CC(N=[N+]=[N-])C(COP(=O)(O)OC[C@H]3O[C@H](O)[C@@H](O)[C@@H](O)[C@@H]3O)O2)c(=O)[nH]c1=O.[Na+]. The van der Waals surface area contributed by atoms with Crippen LogP contribution in [-0.4, -0.2) is 90.9 Å². The molecule has 19 heteroatoms. The van der Waals surface area contributed by atoms with Crippen LogP contribution in [0.15, 0.2) is 20.9 Å². The van der Waals surface area contributed by atoms with Gasteiger partial charge in [-0.15, -0.1) is 0 Å². The summed E-state index contributed by atoms with van der Waals surface area (Å²) in [6.45, 7) is 0.0686. The summed E-state index contributed by atoms with van der Waals surface area (Å²) in [5, 5.41) is 42.0. The Morgan fingerprint density at radius 1 is 1.17 bits per heavy atom. The Bertz CT molecular complexity index is 1100. The van der Waals surface area contributed by atoms with Crippen LogP contribution in [0.5, 0.6) is 0 Å². The smallest absolute Gasteiger partial charge is 0.387 e. The van der Waals surface area contributed by atoms with Gasteiger partial charge in [0.25, 0.3) is 5.56 Å². The number of aliphatic hydroxyl groups is 4. The van der Waals surface area contributed by atoms with Crippen LogP contribution in [0.25, 0.3) is 10.4 Å². The van der Waals surface area contributed by atoms with E-state index in [4.69, 9.17) is 24.1 Å². The minimum Gasteiger partial charge on any atom is -0.387 e. The van der Waals surface area contributed by atoms with E-state index in [1.165, 1.54) is 13.1 Å². The summed E-state index contributed by atoms with van der Waals surface area (Å²) in [7, 11) is -4.80. The number of aliphatic hydroxyl groups excluding tert-OH is 4. The number of nitrogens with zero attached hydrogens (tertiary/aromatic N) is 4. The molecule has 0 aromatic carbocycles. The van der Waals surface area contributed by atoms with Crippen LogP contribution < -0.4 is 40.8 Å². The maximum atomic E-state index is 12.2. The number of H-pyrrole nitrogens is 1. The summed E-state index contributed by atoms with van der Waals surface area (Å²) in [6, 6.07) is -0.899. The summed E-state index contributed by atoms with van der Waals surface area (Å²) in [4.78, 5) is 38.4. The molecule has 6 N–H and O–H groups in total. The maximum Gasteiger partial charge on any atom is 1.00 e. The van der Waals surface area contributed by atoms with Crippen LogP contribution >= 0.6 is 7.82 Å². The van der Waals surface area contributed by atoms with Crippen molar-refractivity contribution in [3.05, 3.63) is 43.0 Å². The number of hydrogen-bond donors (Lipinski definition) is 6. The van der Waals surface area contributed by atoms with Gasteiger partial charge in [-0.1, -0.05) is 5.11 Å². The number of azide groups is 1. The van der Waals surface area contributed by atoms with Gasteiger partial charge in [-0.25, -0.2) is 9.36 Å². The van der Waals surface area contributed by atoms with Gasteiger partial charge < -0.3 is 34.8 Å². The monoisotopic (exact) mass is 532 g/mol. The van der Waals surface area contributed by atoms with Crippen molar-refractivity contribution in [1.29, 1.82) is 0 Å². The molecule has 2 fully saturated rings. The van der Waals surface area contributed by atoms with Crippen molar-refractivity contribution in [2.24, 2.45) is 5.11 Å². The van der Waals surface area contributed by atoms with Crippen molar-refractivity contribution >= 4 is 7.82 Å². The molecule has 35 heavy (non-hydrogen) atoms. The van der Waals surface area contributed by atoms with Gasteiger partial charge in [0.15, 0.2) is 6.29 Å². The van der Waals surface area contributed by atoms with Crippen LogP contribution in [0.4, 0.5) is 0 Å². The molecule has 0 bridgehead atoms. The number of ether oxygens (including phenoxy) is 2. The molecule has 0 amide bonds. The molecule has 2 aliphatic rings. The third kappa shape index (κ3) is 7.21. The third-order valence-corrected chi connectivity index (χ3v) is 6.30. The van der Waals surface area contributed by atoms with Gasteiger partial charge >= 0.3 is 43.1 Å². The van der Waals surface area contributed by atoms with E-state index in [-0.39, 0.29) is 41.5 Å². The van der Waals surface area contributed by atoms with Gasteiger partial charge in [0.1, 0.15) is 30.6 Å².